The fourth-order valence-electron chi connectivity index (χ4n) is 2.84. The van der Waals surface area contributed by atoms with E-state index in [0.717, 1.165) is 37.9 Å². The molecule has 144 valence electrons. The first kappa shape index (κ1) is 21.9. The number of nitrogens with one attached hydrogen (secondary N) is 3. The van der Waals surface area contributed by atoms with Crippen molar-refractivity contribution in [3.05, 3.63) is 35.4 Å². The second-order valence-electron chi connectivity index (χ2n) is 6.35. The molecule has 2 rings (SSSR count). The molecule has 0 bridgehead atoms. The lowest BCUT2D eigenvalue weighted by molar-refractivity contribution is -0.121. The highest BCUT2D eigenvalue weighted by molar-refractivity contribution is 5.96. The van der Waals surface area contributed by atoms with Gasteiger partial charge in [0.25, 0.3) is 5.91 Å². The number of hydrogen-bond donors (Lipinski definition) is 4. The zero-order chi connectivity index (χ0) is 18.1. The number of halogens is 1. The van der Waals surface area contributed by atoms with Gasteiger partial charge in [-0.3, -0.25) is 14.4 Å². The Hall–Kier alpha value is -2.12. The molecule has 0 spiro atoms. The van der Waals surface area contributed by atoms with Gasteiger partial charge in [-0.1, -0.05) is 12.1 Å². The minimum Gasteiger partial charge on any atom is -0.368 e. The summed E-state index contributed by atoms with van der Waals surface area (Å²) < 4.78 is 0. The average molecular weight is 383 g/mol. The van der Waals surface area contributed by atoms with Crippen LogP contribution in [0.5, 0.6) is 0 Å². The highest BCUT2D eigenvalue weighted by Crippen LogP contribution is 2.17. The zero-order valence-electron chi connectivity index (χ0n) is 14.8. The van der Waals surface area contributed by atoms with Crippen molar-refractivity contribution in [3.8, 4) is 0 Å². The highest BCUT2D eigenvalue weighted by atomic mass is 35.5. The molecule has 0 atom stereocenters. The molecule has 0 aromatic heterocycles. The molecule has 7 nitrogen and oxygen atoms in total. The summed E-state index contributed by atoms with van der Waals surface area (Å²) in [6.07, 6.45) is 3.78. The topological polar surface area (TPSA) is 113 Å². The number of piperidine rings is 1. The van der Waals surface area contributed by atoms with Crippen LogP contribution in [0.15, 0.2) is 24.3 Å². The maximum absolute atomic E-state index is 11.9. The molecular formula is C18H27ClN4O3. The van der Waals surface area contributed by atoms with Crippen molar-refractivity contribution in [3.63, 3.8) is 0 Å². The van der Waals surface area contributed by atoms with E-state index >= 15 is 0 Å². The van der Waals surface area contributed by atoms with Crippen LogP contribution in [0.25, 0.3) is 0 Å². The number of rotatable bonds is 8. The second-order valence-corrected chi connectivity index (χ2v) is 6.35. The van der Waals surface area contributed by atoms with E-state index in [0.29, 0.717) is 24.4 Å². The molecular weight excluding hydrogens is 356 g/mol. The molecule has 5 N–H and O–H groups in total. The largest absolute Gasteiger partial charge is 0.368 e. The summed E-state index contributed by atoms with van der Waals surface area (Å²) in [5.41, 5.74) is 6.35. The minimum atomic E-state index is -0.586. The molecule has 1 aliphatic heterocycles. The fourth-order valence-corrected chi connectivity index (χ4v) is 2.84. The van der Waals surface area contributed by atoms with Crippen molar-refractivity contribution in [2.75, 3.05) is 19.6 Å². The fraction of sp³-hybridized carbons (Fsp3) is 0.500. The number of carbonyl (C=O) groups is 3. The monoisotopic (exact) mass is 382 g/mol. The lowest BCUT2D eigenvalue weighted by Gasteiger charge is -2.22. The number of benzene rings is 1. The summed E-state index contributed by atoms with van der Waals surface area (Å²) in [6, 6.07) is 6.89. The first-order chi connectivity index (χ1) is 12.0. The van der Waals surface area contributed by atoms with Gasteiger partial charge in [0.15, 0.2) is 0 Å². The summed E-state index contributed by atoms with van der Waals surface area (Å²) in [4.78, 5) is 34.4. The molecule has 8 heteroatoms. The third-order valence-electron chi connectivity index (χ3n) is 4.37. The maximum Gasteiger partial charge on any atom is 0.251 e. The zero-order valence-corrected chi connectivity index (χ0v) is 15.6. The molecule has 1 aromatic carbocycles. The highest BCUT2D eigenvalue weighted by Gasteiger charge is 2.14. The van der Waals surface area contributed by atoms with E-state index < -0.39 is 5.91 Å². The van der Waals surface area contributed by atoms with Crippen LogP contribution in [-0.4, -0.2) is 37.4 Å². The predicted molar refractivity (Wildman–Crippen MR) is 102 cm³/mol. The molecule has 0 radical (unpaired) electrons. The quantitative estimate of drug-likeness (QED) is 0.530. The van der Waals surface area contributed by atoms with E-state index in [2.05, 4.69) is 16.0 Å². The predicted octanol–water partition coefficient (Wildman–Crippen LogP) is 0.719. The van der Waals surface area contributed by atoms with E-state index in [1.54, 1.807) is 24.3 Å². The summed E-state index contributed by atoms with van der Waals surface area (Å²) in [5.74, 6) is -0.236. The smallest absolute Gasteiger partial charge is 0.251 e. The van der Waals surface area contributed by atoms with Crippen LogP contribution in [0, 0.1) is 5.92 Å². The van der Waals surface area contributed by atoms with E-state index in [-0.39, 0.29) is 30.8 Å². The van der Waals surface area contributed by atoms with Crippen molar-refractivity contribution >= 4 is 30.1 Å². The molecule has 0 aliphatic carbocycles. The first-order valence-corrected chi connectivity index (χ1v) is 8.67. The molecule has 1 heterocycles. The molecule has 0 saturated carbocycles. The molecule has 3 amide bonds. The van der Waals surface area contributed by atoms with E-state index in [1.807, 2.05) is 0 Å². The van der Waals surface area contributed by atoms with Crippen LogP contribution in [0.1, 0.15) is 41.6 Å². The lowest BCUT2D eigenvalue weighted by atomic mass is 9.93. The van der Waals surface area contributed by atoms with Crippen molar-refractivity contribution in [1.82, 2.24) is 16.0 Å². The van der Waals surface area contributed by atoms with Gasteiger partial charge in [-0.25, -0.2) is 0 Å². The second kappa shape index (κ2) is 11.5. The third-order valence-corrected chi connectivity index (χ3v) is 4.37. The van der Waals surface area contributed by atoms with Gasteiger partial charge in [-0.2, -0.15) is 0 Å². The molecule has 1 fully saturated rings. The van der Waals surface area contributed by atoms with Crippen molar-refractivity contribution in [2.24, 2.45) is 11.7 Å². The molecule has 1 aromatic rings. The first-order valence-electron chi connectivity index (χ1n) is 8.67. The Morgan fingerprint density at radius 3 is 2.35 bits per heavy atom. The van der Waals surface area contributed by atoms with Gasteiger partial charge in [0, 0.05) is 18.5 Å². The van der Waals surface area contributed by atoms with E-state index in [1.165, 1.54) is 0 Å². The Balaban J connectivity index is 0.00000338. The Morgan fingerprint density at radius 1 is 1.08 bits per heavy atom. The third kappa shape index (κ3) is 7.84. The van der Waals surface area contributed by atoms with Crippen LogP contribution in [0.2, 0.25) is 0 Å². The van der Waals surface area contributed by atoms with Gasteiger partial charge in [0.1, 0.15) is 0 Å². The standard InChI is InChI=1S/C18H26N4O3.ClH/c19-16(23)12-22-18(25)15-4-1-14(2-5-15)11-21-17(24)6-3-13-7-9-20-10-8-13;/h1-2,4-5,13,20H,3,6-12H2,(H2,19,23)(H,21,24)(H,22,25);1H. The van der Waals surface area contributed by atoms with Gasteiger partial charge in [-0.05, 0) is 56.0 Å². The Labute approximate surface area is 159 Å². The van der Waals surface area contributed by atoms with Gasteiger partial charge in [0.2, 0.25) is 11.8 Å². The summed E-state index contributed by atoms with van der Waals surface area (Å²) in [7, 11) is 0. The summed E-state index contributed by atoms with van der Waals surface area (Å²) in [6.45, 7) is 2.35. The lowest BCUT2D eigenvalue weighted by Crippen LogP contribution is -2.33. The van der Waals surface area contributed by atoms with Crippen LogP contribution in [0.4, 0.5) is 0 Å². The van der Waals surface area contributed by atoms with Gasteiger partial charge >= 0.3 is 0 Å². The van der Waals surface area contributed by atoms with E-state index in [4.69, 9.17) is 5.73 Å². The normalized spacial score (nSPS) is 14.2. The SMILES string of the molecule is Cl.NC(=O)CNC(=O)c1ccc(CNC(=O)CCC2CCNCC2)cc1. The van der Waals surface area contributed by atoms with E-state index in [9.17, 15) is 14.4 Å². The van der Waals surface area contributed by atoms with Crippen molar-refractivity contribution < 1.29 is 14.4 Å². The molecule has 0 unspecified atom stereocenters. The van der Waals surface area contributed by atoms with Crippen LogP contribution < -0.4 is 21.7 Å². The minimum absolute atomic E-state index is 0. The van der Waals surface area contributed by atoms with Crippen molar-refractivity contribution in [2.45, 2.75) is 32.2 Å². The Kier molecular flexibility index (Phi) is 9.69. The van der Waals surface area contributed by atoms with Gasteiger partial charge in [0.05, 0.1) is 6.54 Å². The molecule has 26 heavy (non-hydrogen) atoms. The van der Waals surface area contributed by atoms with Crippen LogP contribution in [-0.2, 0) is 16.1 Å². The van der Waals surface area contributed by atoms with Crippen LogP contribution in [0.3, 0.4) is 0 Å². The summed E-state index contributed by atoms with van der Waals surface area (Å²) in [5, 5.41) is 8.66. The number of nitrogens with two attached hydrogens (primary N) is 1. The molecule has 1 saturated heterocycles. The maximum atomic E-state index is 11.9. The van der Waals surface area contributed by atoms with Crippen molar-refractivity contribution in [1.29, 1.82) is 0 Å². The number of primary amides is 1. The number of carbonyl (C=O) groups excluding carboxylic acids is 3. The Morgan fingerprint density at radius 2 is 1.73 bits per heavy atom. The summed E-state index contributed by atoms with van der Waals surface area (Å²) >= 11 is 0. The van der Waals surface area contributed by atoms with Crippen LogP contribution >= 0.6 is 12.4 Å². The van der Waals surface area contributed by atoms with Gasteiger partial charge in [-0.15, -0.1) is 12.4 Å². The van der Waals surface area contributed by atoms with Gasteiger partial charge < -0.3 is 21.7 Å². The number of hydrogen-bond acceptors (Lipinski definition) is 4. The average Bonchev–Trinajstić information content (AvgIpc) is 2.64. The number of amides is 3. The molecule has 1 aliphatic rings. The Bertz CT molecular complexity index is 601.